The molecule has 0 spiro atoms. The molecule has 0 saturated carbocycles. The molecule has 0 rings (SSSR count). The SMILES string of the molecule is CCCCCCCCCOC(=O)CCCCCCCN(CCO)CCCCCCCCCC(CCCCCCCC)CCCCCCCC. The van der Waals surface area contributed by atoms with Crippen LogP contribution in [0.3, 0.4) is 0 Å². The van der Waals surface area contributed by atoms with Crippen molar-refractivity contribution in [3.8, 4) is 0 Å². The van der Waals surface area contributed by atoms with Gasteiger partial charge >= 0.3 is 5.97 Å². The van der Waals surface area contributed by atoms with Crippen LogP contribution in [0.1, 0.15) is 245 Å². The van der Waals surface area contributed by atoms with Crippen molar-refractivity contribution >= 4 is 5.97 Å². The van der Waals surface area contributed by atoms with E-state index in [4.69, 9.17) is 4.74 Å². The fraction of sp³-hybridized carbons (Fsp3) is 0.978. The Balaban J connectivity index is 3.82. The molecule has 0 aromatic carbocycles. The van der Waals surface area contributed by atoms with Crippen LogP contribution in [-0.4, -0.2) is 48.8 Å². The number of esters is 1. The third-order valence-corrected chi connectivity index (χ3v) is 10.8. The van der Waals surface area contributed by atoms with Crippen LogP contribution in [0.4, 0.5) is 0 Å². The van der Waals surface area contributed by atoms with Gasteiger partial charge in [0.15, 0.2) is 0 Å². The first kappa shape index (κ1) is 48.4. The maximum absolute atomic E-state index is 12.0. The molecule has 0 heterocycles. The van der Waals surface area contributed by atoms with E-state index in [1.807, 2.05) is 0 Å². The zero-order chi connectivity index (χ0) is 35.7. The van der Waals surface area contributed by atoms with Gasteiger partial charge in [0.05, 0.1) is 13.2 Å². The van der Waals surface area contributed by atoms with Gasteiger partial charge in [0, 0.05) is 13.0 Å². The van der Waals surface area contributed by atoms with Crippen LogP contribution in [0.5, 0.6) is 0 Å². The maximum Gasteiger partial charge on any atom is 0.305 e. The monoisotopic (exact) mass is 694 g/mol. The number of hydrogen-bond acceptors (Lipinski definition) is 4. The van der Waals surface area contributed by atoms with Crippen molar-refractivity contribution in [1.29, 1.82) is 0 Å². The van der Waals surface area contributed by atoms with Crippen molar-refractivity contribution in [3.63, 3.8) is 0 Å². The summed E-state index contributed by atoms with van der Waals surface area (Å²) in [5.74, 6) is 0.981. The number of carbonyl (C=O) groups is 1. The van der Waals surface area contributed by atoms with E-state index in [9.17, 15) is 9.90 Å². The van der Waals surface area contributed by atoms with E-state index in [0.29, 0.717) is 13.0 Å². The second kappa shape index (κ2) is 41.8. The van der Waals surface area contributed by atoms with E-state index in [0.717, 1.165) is 44.8 Å². The molecule has 0 amide bonds. The molecule has 1 N–H and O–H groups in total. The molecule has 0 aromatic rings. The van der Waals surface area contributed by atoms with Crippen molar-refractivity contribution in [2.45, 2.75) is 245 Å². The molecule has 0 atom stereocenters. The molecule has 0 bridgehead atoms. The summed E-state index contributed by atoms with van der Waals surface area (Å²) in [7, 11) is 0. The molecule has 49 heavy (non-hydrogen) atoms. The average molecular weight is 694 g/mol. The van der Waals surface area contributed by atoms with Gasteiger partial charge in [-0.05, 0) is 44.7 Å². The Kier molecular flexibility index (Phi) is 41.3. The van der Waals surface area contributed by atoms with Crippen molar-refractivity contribution in [2.75, 3.05) is 32.8 Å². The molecular formula is C45H91NO3. The summed E-state index contributed by atoms with van der Waals surface area (Å²) in [4.78, 5) is 14.4. The van der Waals surface area contributed by atoms with E-state index in [2.05, 4.69) is 25.7 Å². The predicted octanol–water partition coefficient (Wildman–Crippen LogP) is 14.2. The first-order valence-electron chi connectivity index (χ1n) is 22.7. The Morgan fingerprint density at radius 1 is 0.449 bits per heavy atom. The quantitative estimate of drug-likeness (QED) is 0.0511. The topological polar surface area (TPSA) is 49.8 Å². The molecule has 0 unspecified atom stereocenters. The summed E-state index contributed by atoms with van der Waals surface area (Å²) in [6, 6.07) is 0. The molecule has 4 nitrogen and oxygen atoms in total. The minimum atomic E-state index is -0.00801. The minimum Gasteiger partial charge on any atom is -0.466 e. The van der Waals surface area contributed by atoms with Crippen LogP contribution in [0, 0.1) is 5.92 Å². The first-order valence-corrected chi connectivity index (χ1v) is 22.7. The normalized spacial score (nSPS) is 11.7. The van der Waals surface area contributed by atoms with Crippen LogP contribution in [0.25, 0.3) is 0 Å². The number of nitrogens with zero attached hydrogens (tertiary/aromatic N) is 1. The van der Waals surface area contributed by atoms with Gasteiger partial charge in [-0.25, -0.2) is 0 Å². The number of unbranched alkanes of at least 4 members (excludes halogenated alkanes) is 26. The molecule has 0 aliphatic rings. The number of rotatable bonds is 42. The van der Waals surface area contributed by atoms with E-state index in [1.54, 1.807) is 0 Å². The van der Waals surface area contributed by atoms with E-state index in [1.165, 1.54) is 199 Å². The molecule has 0 fully saturated rings. The summed E-state index contributed by atoms with van der Waals surface area (Å²) in [6.45, 7) is 10.8. The van der Waals surface area contributed by atoms with Gasteiger partial charge in [-0.1, -0.05) is 213 Å². The average Bonchev–Trinajstić information content (AvgIpc) is 3.10. The zero-order valence-electron chi connectivity index (χ0n) is 34.1. The molecule has 0 aliphatic carbocycles. The van der Waals surface area contributed by atoms with Gasteiger partial charge in [-0.2, -0.15) is 0 Å². The van der Waals surface area contributed by atoms with Gasteiger partial charge in [-0.3, -0.25) is 4.79 Å². The lowest BCUT2D eigenvalue weighted by Gasteiger charge is -2.21. The minimum absolute atomic E-state index is 0.00801. The lowest BCUT2D eigenvalue weighted by molar-refractivity contribution is -0.143. The second-order valence-corrected chi connectivity index (χ2v) is 15.7. The number of hydrogen-bond donors (Lipinski definition) is 1. The Morgan fingerprint density at radius 2 is 0.796 bits per heavy atom. The van der Waals surface area contributed by atoms with Gasteiger partial charge in [0.2, 0.25) is 0 Å². The van der Waals surface area contributed by atoms with Gasteiger partial charge in [0.25, 0.3) is 0 Å². The molecular weight excluding hydrogens is 602 g/mol. The zero-order valence-corrected chi connectivity index (χ0v) is 34.1. The molecule has 0 aliphatic heterocycles. The summed E-state index contributed by atoms with van der Waals surface area (Å²) in [5.41, 5.74) is 0. The van der Waals surface area contributed by atoms with Crippen LogP contribution >= 0.6 is 0 Å². The Bertz CT molecular complexity index is 610. The highest BCUT2D eigenvalue weighted by Crippen LogP contribution is 2.25. The van der Waals surface area contributed by atoms with Crippen molar-refractivity contribution in [3.05, 3.63) is 0 Å². The highest BCUT2D eigenvalue weighted by atomic mass is 16.5. The number of carbonyl (C=O) groups excluding carboxylic acids is 1. The van der Waals surface area contributed by atoms with Crippen LogP contribution in [0.2, 0.25) is 0 Å². The second-order valence-electron chi connectivity index (χ2n) is 15.7. The predicted molar refractivity (Wildman–Crippen MR) is 217 cm³/mol. The van der Waals surface area contributed by atoms with Crippen LogP contribution in [-0.2, 0) is 9.53 Å². The van der Waals surface area contributed by atoms with Gasteiger partial charge < -0.3 is 14.7 Å². The molecule has 0 aromatic heterocycles. The highest BCUT2D eigenvalue weighted by Gasteiger charge is 2.09. The summed E-state index contributed by atoms with van der Waals surface area (Å²) in [6.07, 6.45) is 46.3. The highest BCUT2D eigenvalue weighted by molar-refractivity contribution is 5.69. The van der Waals surface area contributed by atoms with Crippen LogP contribution < -0.4 is 0 Å². The lowest BCUT2D eigenvalue weighted by atomic mass is 9.89. The summed E-state index contributed by atoms with van der Waals surface area (Å²) in [5, 5.41) is 9.56. The van der Waals surface area contributed by atoms with Crippen molar-refractivity contribution in [2.24, 2.45) is 5.92 Å². The third-order valence-electron chi connectivity index (χ3n) is 10.8. The molecule has 0 saturated heterocycles. The standard InChI is InChI=1S/C45H91NO3/c1-4-7-10-13-19-27-34-43-49-45(48)38-31-24-20-26-33-40-46(41-42-47)39-32-25-18-16-17-23-30-37-44(35-28-21-14-11-8-5-2)36-29-22-15-12-9-6-3/h44,47H,4-43H2,1-3H3. The first-order chi connectivity index (χ1) is 24.2. The van der Waals surface area contributed by atoms with Crippen molar-refractivity contribution in [1.82, 2.24) is 4.90 Å². The van der Waals surface area contributed by atoms with Crippen molar-refractivity contribution < 1.29 is 14.6 Å². The maximum atomic E-state index is 12.0. The molecule has 294 valence electrons. The van der Waals surface area contributed by atoms with E-state index < -0.39 is 0 Å². The van der Waals surface area contributed by atoms with Gasteiger partial charge in [-0.15, -0.1) is 0 Å². The Labute approximate surface area is 309 Å². The number of aliphatic hydroxyl groups is 1. The fourth-order valence-corrected chi connectivity index (χ4v) is 7.44. The van der Waals surface area contributed by atoms with E-state index in [-0.39, 0.29) is 12.6 Å². The fourth-order valence-electron chi connectivity index (χ4n) is 7.44. The van der Waals surface area contributed by atoms with Crippen LogP contribution in [0.15, 0.2) is 0 Å². The molecule has 0 radical (unpaired) electrons. The smallest absolute Gasteiger partial charge is 0.305 e. The molecule has 4 heteroatoms. The third kappa shape index (κ3) is 38.5. The number of ether oxygens (including phenoxy) is 1. The largest absolute Gasteiger partial charge is 0.466 e. The summed E-state index contributed by atoms with van der Waals surface area (Å²) >= 11 is 0. The number of aliphatic hydroxyl groups excluding tert-OH is 1. The summed E-state index contributed by atoms with van der Waals surface area (Å²) < 4.78 is 5.42. The Hall–Kier alpha value is -0.610. The van der Waals surface area contributed by atoms with E-state index >= 15 is 0 Å². The lowest BCUT2D eigenvalue weighted by Crippen LogP contribution is -2.29. The van der Waals surface area contributed by atoms with Gasteiger partial charge in [0.1, 0.15) is 0 Å². The Morgan fingerprint density at radius 3 is 1.20 bits per heavy atom.